The van der Waals surface area contributed by atoms with Gasteiger partial charge in [-0.1, -0.05) is 19.3 Å². The molecule has 0 saturated heterocycles. The predicted molar refractivity (Wildman–Crippen MR) is 66.7 cm³/mol. The van der Waals surface area contributed by atoms with Crippen molar-refractivity contribution >= 4 is 5.91 Å². The largest absolute Gasteiger partial charge is 0.352 e. The highest BCUT2D eigenvalue weighted by Crippen LogP contribution is 2.17. The molecule has 1 aromatic rings. The Morgan fingerprint density at radius 2 is 2.12 bits per heavy atom. The van der Waals surface area contributed by atoms with Gasteiger partial charge in [-0.3, -0.25) is 4.79 Å². The first-order valence-corrected chi connectivity index (χ1v) is 6.44. The Labute approximate surface area is 102 Å². The van der Waals surface area contributed by atoms with Crippen LogP contribution in [-0.4, -0.2) is 21.5 Å². The summed E-state index contributed by atoms with van der Waals surface area (Å²) in [5, 5.41) is 3.12. The molecule has 0 aliphatic heterocycles. The van der Waals surface area contributed by atoms with Crippen LogP contribution in [0.5, 0.6) is 0 Å². The van der Waals surface area contributed by atoms with Crippen molar-refractivity contribution in [3.8, 4) is 0 Å². The quantitative estimate of drug-likeness (QED) is 0.870. The molecular formula is C13H21N3O. The van der Waals surface area contributed by atoms with Crippen LogP contribution in [0, 0.1) is 13.8 Å². The molecule has 2 rings (SSSR count). The van der Waals surface area contributed by atoms with Crippen LogP contribution in [0.1, 0.15) is 43.5 Å². The number of rotatable bonds is 3. The minimum Gasteiger partial charge on any atom is -0.352 e. The Balaban J connectivity index is 1.86. The van der Waals surface area contributed by atoms with E-state index in [1.54, 1.807) is 6.33 Å². The normalized spacial score (nSPS) is 17.1. The molecule has 1 heterocycles. The Morgan fingerprint density at radius 1 is 1.41 bits per heavy atom. The number of carbonyl (C=O) groups is 1. The maximum absolute atomic E-state index is 11.9. The summed E-state index contributed by atoms with van der Waals surface area (Å²) in [6.07, 6.45) is 7.81. The molecule has 1 aliphatic carbocycles. The van der Waals surface area contributed by atoms with E-state index in [-0.39, 0.29) is 5.91 Å². The van der Waals surface area contributed by atoms with Gasteiger partial charge in [0.2, 0.25) is 5.91 Å². The van der Waals surface area contributed by atoms with E-state index in [9.17, 15) is 4.79 Å². The molecule has 94 valence electrons. The lowest BCUT2D eigenvalue weighted by atomic mass is 9.95. The van der Waals surface area contributed by atoms with Gasteiger partial charge in [0.1, 0.15) is 6.54 Å². The molecule has 0 atom stereocenters. The Morgan fingerprint density at radius 3 is 2.71 bits per heavy atom. The van der Waals surface area contributed by atoms with Gasteiger partial charge in [0.05, 0.1) is 12.0 Å². The number of carbonyl (C=O) groups excluding carboxylic acids is 1. The standard InChI is InChI=1S/C13H21N3O/c1-10-11(2)16(9-14-10)8-13(17)15-12-6-4-3-5-7-12/h9,12H,3-8H2,1-2H3,(H,15,17). The van der Waals surface area contributed by atoms with E-state index in [2.05, 4.69) is 10.3 Å². The fraction of sp³-hybridized carbons (Fsp3) is 0.692. The minimum atomic E-state index is 0.109. The predicted octanol–water partition coefficient (Wildman–Crippen LogP) is 1.95. The zero-order valence-corrected chi connectivity index (χ0v) is 10.7. The third-order valence-electron chi connectivity index (χ3n) is 3.63. The lowest BCUT2D eigenvalue weighted by Crippen LogP contribution is -2.38. The SMILES string of the molecule is Cc1ncn(CC(=O)NC2CCCCC2)c1C. The number of amides is 1. The average molecular weight is 235 g/mol. The fourth-order valence-corrected chi connectivity index (χ4v) is 2.38. The van der Waals surface area contributed by atoms with Gasteiger partial charge in [0.25, 0.3) is 0 Å². The third-order valence-corrected chi connectivity index (χ3v) is 3.63. The first-order valence-electron chi connectivity index (χ1n) is 6.44. The molecule has 1 amide bonds. The van der Waals surface area contributed by atoms with Gasteiger partial charge in [0, 0.05) is 11.7 Å². The van der Waals surface area contributed by atoms with Crippen molar-refractivity contribution in [3.05, 3.63) is 17.7 Å². The second-order valence-electron chi connectivity index (χ2n) is 4.95. The van der Waals surface area contributed by atoms with E-state index in [0.29, 0.717) is 12.6 Å². The first kappa shape index (κ1) is 12.1. The Hall–Kier alpha value is -1.32. The van der Waals surface area contributed by atoms with Gasteiger partial charge in [-0.2, -0.15) is 0 Å². The van der Waals surface area contributed by atoms with E-state index in [1.807, 2.05) is 18.4 Å². The van der Waals surface area contributed by atoms with Gasteiger partial charge < -0.3 is 9.88 Å². The van der Waals surface area contributed by atoms with Crippen molar-refractivity contribution in [2.24, 2.45) is 0 Å². The number of aryl methyl sites for hydroxylation is 1. The summed E-state index contributed by atoms with van der Waals surface area (Å²) in [7, 11) is 0. The van der Waals surface area contributed by atoms with Crippen LogP contribution >= 0.6 is 0 Å². The van der Waals surface area contributed by atoms with Crippen LogP contribution in [0.4, 0.5) is 0 Å². The summed E-state index contributed by atoms with van der Waals surface area (Å²) in [6.45, 7) is 4.35. The smallest absolute Gasteiger partial charge is 0.240 e. The summed E-state index contributed by atoms with van der Waals surface area (Å²) in [5.74, 6) is 0.109. The highest BCUT2D eigenvalue weighted by molar-refractivity contribution is 5.76. The molecule has 0 radical (unpaired) electrons. The summed E-state index contributed by atoms with van der Waals surface area (Å²) >= 11 is 0. The molecule has 0 aromatic carbocycles. The van der Waals surface area contributed by atoms with Crippen molar-refractivity contribution in [3.63, 3.8) is 0 Å². The molecule has 1 fully saturated rings. The lowest BCUT2D eigenvalue weighted by Gasteiger charge is -2.22. The van der Waals surface area contributed by atoms with Crippen molar-refractivity contribution in [2.45, 2.75) is 58.5 Å². The molecule has 1 aliphatic rings. The second kappa shape index (κ2) is 5.34. The third kappa shape index (κ3) is 3.08. The highest BCUT2D eigenvalue weighted by atomic mass is 16.2. The van der Waals surface area contributed by atoms with Crippen LogP contribution in [0.2, 0.25) is 0 Å². The number of imidazole rings is 1. The maximum Gasteiger partial charge on any atom is 0.240 e. The molecule has 4 heteroatoms. The Bertz CT molecular complexity index is 391. The lowest BCUT2D eigenvalue weighted by molar-refractivity contribution is -0.122. The van der Waals surface area contributed by atoms with E-state index >= 15 is 0 Å². The van der Waals surface area contributed by atoms with E-state index in [1.165, 1.54) is 19.3 Å². The van der Waals surface area contributed by atoms with E-state index in [0.717, 1.165) is 24.2 Å². The van der Waals surface area contributed by atoms with Gasteiger partial charge in [0.15, 0.2) is 0 Å². The number of hydrogen-bond donors (Lipinski definition) is 1. The molecule has 4 nitrogen and oxygen atoms in total. The van der Waals surface area contributed by atoms with Crippen LogP contribution in [-0.2, 0) is 11.3 Å². The van der Waals surface area contributed by atoms with Crippen LogP contribution in [0.25, 0.3) is 0 Å². The highest BCUT2D eigenvalue weighted by Gasteiger charge is 2.16. The van der Waals surface area contributed by atoms with Crippen molar-refractivity contribution < 1.29 is 4.79 Å². The molecule has 1 saturated carbocycles. The number of nitrogens with zero attached hydrogens (tertiary/aromatic N) is 2. The molecule has 1 N–H and O–H groups in total. The number of aromatic nitrogens is 2. The molecule has 0 spiro atoms. The van der Waals surface area contributed by atoms with E-state index < -0.39 is 0 Å². The molecule has 1 aromatic heterocycles. The summed E-state index contributed by atoms with van der Waals surface area (Å²) in [5.41, 5.74) is 2.07. The summed E-state index contributed by atoms with van der Waals surface area (Å²) < 4.78 is 1.91. The monoisotopic (exact) mass is 235 g/mol. The van der Waals surface area contributed by atoms with Gasteiger partial charge in [-0.25, -0.2) is 4.98 Å². The van der Waals surface area contributed by atoms with E-state index in [4.69, 9.17) is 0 Å². The Kier molecular flexibility index (Phi) is 3.82. The molecule has 0 bridgehead atoms. The minimum absolute atomic E-state index is 0.109. The fourth-order valence-electron chi connectivity index (χ4n) is 2.38. The maximum atomic E-state index is 11.9. The molecule has 0 unspecified atom stereocenters. The van der Waals surface area contributed by atoms with Crippen LogP contribution in [0.15, 0.2) is 6.33 Å². The summed E-state index contributed by atoms with van der Waals surface area (Å²) in [6, 6.07) is 0.390. The summed E-state index contributed by atoms with van der Waals surface area (Å²) in [4.78, 5) is 16.1. The number of hydrogen-bond acceptors (Lipinski definition) is 2. The van der Waals surface area contributed by atoms with Gasteiger partial charge in [-0.15, -0.1) is 0 Å². The molecular weight excluding hydrogens is 214 g/mol. The second-order valence-corrected chi connectivity index (χ2v) is 4.95. The van der Waals surface area contributed by atoms with Crippen LogP contribution < -0.4 is 5.32 Å². The van der Waals surface area contributed by atoms with Gasteiger partial charge >= 0.3 is 0 Å². The van der Waals surface area contributed by atoms with Gasteiger partial charge in [-0.05, 0) is 26.7 Å². The zero-order valence-electron chi connectivity index (χ0n) is 10.7. The average Bonchev–Trinajstić information content (AvgIpc) is 2.62. The number of nitrogens with one attached hydrogen (secondary N) is 1. The van der Waals surface area contributed by atoms with Crippen molar-refractivity contribution in [1.29, 1.82) is 0 Å². The van der Waals surface area contributed by atoms with Crippen molar-refractivity contribution in [2.75, 3.05) is 0 Å². The first-order chi connectivity index (χ1) is 8.16. The van der Waals surface area contributed by atoms with Crippen molar-refractivity contribution in [1.82, 2.24) is 14.9 Å². The zero-order chi connectivity index (χ0) is 12.3. The molecule has 17 heavy (non-hydrogen) atoms. The topological polar surface area (TPSA) is 46.9 Å². The van der Waals surface area contributed by atoms with Crippen LogP contribution in [0.3, 0.4) is 0 Å².